The van der Waals surface area contributed by atoms with Crippen LogP contribution in [0.2, 0.25) is 0 Å². The number of imidazole rings is 2. The highest BCUT2D eigenvalue weighted by Crippen LogP contribution is 2.27. The summed E-state index contributed by atoms with van der Waals surface area (Å²) in [6, 6.07) is 0. The lowest BCUT2D eigenvalue weighted by molar-refractivity contribution is 0.415. The summed E-state index contributed by atoms with van der Waals surface area (Å²) in [5.74, 6) is 1.59. The summed E-state index contributed by atoms with van der Waals surface area (Å²) < 4.78 is 0. The van der Waals surface area contributed by atoms with Gasteiger partial charge in [-0.1, -0.05) is 0 Å². The van der Waals surface area contributed by atoms with Gasteiger partial charge in [0.15, 0.2) is 0 Å². The van der Waals surface area contributed by atoms with Gasteiger partial charge in [0.2, 0.25) is 0 Å². The lowest BCUT2D eigenvalue weighted by Crippen LogP contribution is -2.20. The van der Waals surface area contributed by atoms with E-state index < -0.39 is 11.1 Å². The lowest BCUT2D eigenvalue weighted by Gasteiger charge is -2.20. The van der Waals surface area contributed by atoms with Crippen molar-refractivity contribution in [3.05, 3.63) is 36.4 Å². The van der Waals surface area contributed by atoms with Gasteiger partial charge in [-0.05, 0) is 27.7 Å². The maximum Gasteiger partial charge on any atom is 0.135 e. The Balaban J connectivity index is 0.00000180. The van der Waals surface area contributed by atoms with Crippen LogP contribution in [0.25, 0.3) is 0 Å². The highest BCUT2D eigenvalue weighted by molar-refractivity contribution is 5.85. The largest absolute Gasteiger partial charge is 0.347 e. The van der Waals surface area contributed by atoms with Gasteiger partial charge in [0.05, 0.1) is 0 Å². The van der Waals surface area contributed by atoms with E-state index in [9.17, 15) is 0 Å². The minimum absolute atomic E-state index is 0. The van der Waals surface area contributed by atoms with Crippen LogP contribution < -0.4 is 0 Å². The molecule has 112 valence electrons. The van der Waals surface area contributed by atoms with E-state index in [1.165, 1.54) is 0 Å². The zero-order chi connectivity index (χ0) is 13.2. The standard InChI is InChI=1S/C12H18N6.2ClH/c1-11(2,9-13-5-6-14-9)17-18-12(3,4)10-15-7-8-16-10;;/h5-8H,1-4H3,(H,13,14)(H,15,16);2*1H. The third-order valence-corrected chi connectivity index (χ3v) is 2.71. The minimum Gasteiger partial charge on any atom is -0.347 e. The summed E-state index contributed by atoms with van der Waals surface area (Å²) in [7, 11) is 0. The normalized spacial score (nSPS) is 12.0. The minimum atomic E-state index is -0.479. The molecule has 0 spiro atoms. The highest BCUT2D eigenvalue weighted by Gasteiger charge is 2.27. The number of nitrogens with one attached hydrogen (secondary N) is 2. The quantitative estimate of drug-likeness (QED) is 0.844. The molecule has 2 aromatic heterocycles. The van der Waals surface area contributed by atoms with E-state index >= 15 is 0 Å². The molecule has 2 rings (SSSR count). The van der Waals surface area contributed by atoms with Gasteiger partial charge >= 0.3 is 0 Å². The van der Waals surface area contributed by atoms with Crippen LogP contribution in [0.5, 0.6) is 0 Å². The van der Waals surface area contributed by atoms with Crippen LogP contribution >= 0.6 is 24.8 Å². The Bertz CT molecular complexity index is 468. The predicted molar refractivity (Wildman–Crippen MR) is 82.6 cm³/mol. The van der Waals surface area contributed by atoms with Crippen molar-refractivity contribution in [1.29, 1.82) is 0 Å². The molecule has 0 saturated carbocycles. The van der Waals surface area contributed by atoms with E-state index in [2.05, 4.69) is 30.2 Å². The first-order valence-electron chi connectivity index (χ1n) is 5.85. The predicted octanol–water partition coefficient (Wildman–Crippen LogP) is 3.60. The van der Waals surface area contributed by atoms with Crippen molar-refractivity contribution in [2.24, 2.45) is 10.2 Å². The van der Waals surface area contributed by atoms with Gasteiger partial charge in [-0.15, -0.1) is 24.8 Å². The molecule has 20 heavy (non-hydrogen) atoms. The Morgan fingerprint density at radius 3 is 1.40 bits per heavy atom. The van der Waals surface area contributed by atoms with E-state index in [4.69, 9.17) is 0 Å². The van der Waals surface area contributed by atoms with E-state index in [1.807, 2.05) is 27.7 Å². The Kier molecular flexibility index (Phi) is 6.37. The second kappa shape index (κ2) is 6.85. The Hall–Kier alpha value is -1.40. The molecule has 0 aliphatic heterocycles. The number of aromatic amines is 2. The van der Waals surface area contributed by atoms with E-state index in [-0.39, 0.29) is 24.8 Å². The topological polar surface area (TPSA) is 82.1 Å². The maximum absolute atomic E-state index is 4.40. The van der Waals surface area contributed by atoms with Crippen molar-refractivity contribution >= 4 is 24.8 Å². The van der Waals surface area contributed by atoms with Crippen LogP contribution in [0.1, 0.15) is 39.3 Å². The first kappa shape index (κ1) is 18.6. The molecule has 0 unspecified atom stereocenters. The van der Waals surface area contributed by atoms with Crippen LogP contribution in [0, 0.1) is 0 Å². The second-order valence-corrected chi connectivity index (χ2v) is 5.19. The summed E-state index contributed by atoms with van der Waals surface area (Å²) in [4.78, 5) is 14.6. The smallest absolute Gasteiger partial charge is 0.135 e. The fourth-order valence-electron chi connectivity index (χ4n) is 1.54. The number of nitrogens with zero attached hydrogens (tertiary/aromatic N) is 4. The number of halogens is 2. The first-order valence-corrected chi connectivity index (χ1v) is 5.85. The molecule has 0 aliphatic rings. The van der Waals surface area contributed by atoms with Gasteiger partial charge < -0.3 is 9.97 Å². The average molecular weight is 319 g/mol. The zero-order valence-corrected chi connectivity index (χ0v) is 13.5. The molecule has 2 aromatic rings. The van der Waals surface area contributed by atoms with Crippen molar-refractivity contribution in [2.45, 2.75) is 38.8 Å². The molecule has 8 heteroatoms. The SMILES string of the molecule is CC(C)(N=NC(C)(C)c1ncc[nH]1)c1ncc[nH]1.Cl.Cl. The maximum atomic E-state index is 4.40. The summed E-state index contributed by atoms with van der Waals surface area (Å²) in [5, 5.41) is 8.79. The number of hydrogen-bond acceptors (Lipinski definition) is 4. The van der Waals surface area contributed by atoms with Crippen molar-refractivity contribution < 1.29 is 0 Å². The molecule has 0 bridgehead atoms. The Morgan fingerprint density at radius 2 is 1.15 bits per heavy atom. The van der Waals surface area contributed by atoms with Crippen LogP contribution in [0.4, 0.5) is 0 Å². The third-order valence-electron chi connectivity index (χ3n) is 2.71. The molecule has 0 atom stereocenters. The summed E-state index contributed by atoms with van der Waals surface area (Å²) in [6.07, 6.45) is 6.99. The molecule has 0 aromatic carbocycles. The molecule has 0 radical (unpaired) electrons. The van der Waals surface area contributed by atoms with Crippen molar-refractivity contribution in [3.8, 4) is 0 Å². The fraction of sp³-hybridized carbons (Fsp3) is 0.500. The molecule has 0 fully saturated rings. The van der Waals surface area contributed by atoms with Crippen molar-refractivity contribution in [1.82, 2.24) is 19.9 Å². The molecule has 2 N–H and O–H groups in total. The molecule has 0 saturated heterocycles. The molecular formula is C12H20Cl2N6. The van der Waals surface area contributed by atoms with Crippen molar-refractivity contribution in [3.63, 3.8) is 0 Å². The van der Waals surface area contributed by atoms with Gasteiger partial charge in [0.25, 0.3) is 0 Å². The molecule has 6 nitrogen and oxygen atoms in total. The molecule has 2 heterocycles. The van der Waals surface area contributed by atoms with Gasteiger partial charge in [-0.2, -0.15) is 10.2 Å². The second-order valence-electron chi connectivity index (χ2n) is 5.19. The third kappa shape index (κ3) is 4.05. The first-order chi connectivity index (χ1) is 8.42. The van der Waals surface area contributed by atoms with E-state index in [0.717, 1.165) is 11.6 Å². The summed E-state index contributed by atoms with van der Waals surface area (Å²) in [5.41, 5.74) is -0.958. The molecular weight excluding hydrogens is 299 g/mol. The fourth-order valence-corrected chi connectivity index (χ4v) is 1.54. The van der Waals surface area contributed by atoms with E-state index in [0.29, 0.717) is 0 Å². The average Bonchev–Trinajstić information content (AvgIpc) is 2.99. The van der Waals surface area contributed by atoms with Gasteiger partial charge in [-0.3, -0.25) is 0 Å². The van der Waals surface area contributed by atoms with Crippen LogP contribution in [-0.4, -0.2) is 19.9 Å². The lowest BCUT2D eigenvalue weighted by atomic mass is 10.1. The van der Waals surface area contributed by atoms with Crippen molar-refractivity contribution in [2.75, 3.05) is 0 Å². The monoisotopic (exact) mass is 318 g/mol. The summed E-state index contributed by atoms with van der Waals surface area (Å²) in [6.45, 7) is 7.86. The van der Waals surface area contributed by atoms with E-state index in [1.54, 1.807) is 24.8 Å². The van der Waals surface area contributed by atoms with Gasteiger partial charge in [0.1, 0.15) is 22.7 Å². The zero-order valence-electron chi connectivity index (χ0n) is 11.9. The number of hydrogen-bond donors (Lipinski definition) is 2. The number of rotatable bonds is 4. The highest BCUT2D eigenvalue weighted by atomic mass is 35.5. The van der Waals surface area contributed by atoms with Crippen LogP contribution in [0.15, 0.2) is 35.0 Å². The number of azo groups is 1. The van der Waals surface area contributed by atoms with Gasteiger partial charge in [0, 0.05) is 24.8 Å². The molecule has 0 amide bonds. The van der Waals surface area contributed by atoms with Gasteiger partial charge in [-0.25, -0.2) is 9.97 Å². The van der Waals surface area contributed by atoms with Crippen LogP contribution in [0.3, 0.4) is 0 Å². The Labute approximate surface area is 130 Å². The Morgan fingerprint density at radius 1 is 0.800 bits per heavy atom. The molecule has 0 aliphatic carbocycles. The van der Waals surface area contributed by atoms with Crippen LogP contribution in [-0.2, 0) is 11.1 Å². The summed E-state index contributed by atoms with van der Waals surface area (Å²) >= 11 is 0. The number of aromatic nitrogens is 4. The number of H-pyrrole nitrogens is 2.